The van der Waals surface area contributed by atoms with Crippen LogP contribution in [0, 0.1) is 0 Å². The molecule has 0 aromatic heterocycles. The van der Waals surface area contributed by atoms with E-state index in [-0.39, 0.29) is 0 Å². The van der Waals surface area contributed by atoms with Crippen LogP contribution in [0.15, 0.2) is 18.2 Å². The van der Waals surface area contributed by atoms with Crippen molar-refractivity contribution in [3.05, 3.63) is 28.8 Å². The molecule has 0 bridgehead atoms. The first-order valence-corrected chi connectivity index (χ1v) is 5.81. The van der Waals surface area contributed by atoms with E-state index in [2.05, 4.69) is 15.9 Å². The average Bonchev–Trinajstić information content (AvgIpc) is 2.20. The van der Waals surface area contributed by atoms with E-state index in [0.29, 0.717) is 10.8 Å². The first-order valence-electron chi connectivity index (χ1n) is 4.31. The lowest BCUT2D eigenvalue weighted by atomic mass is 10.1. The van der Waals surface area contributed by atoms with Gasteiger partial charge in [-0.15, -0.1) is 0 Å². The lowest BCUT2D eigenvalue weighted by molar-refractivity contribution is 0.192. The summed E-state index contributed by atoms with van der Waals surface area (Å²) >= 11 is 9.36. The maximum absolute atomic E-state index is 12.0. The van der Waals surface area contributed by atoms with Crippen LogP contribution in [0.1, 0.15) is 12.0 Å². The van der Waals surface area contributed by atoms with E-state index < -0.39 is 6.86 Å². The highest BCUT2D eigenvalue weighted by Gasteiger charge is 2.06. The standard InChI is InChI=1S/C10H11BrClFO/c11-6-2-4-8-3-1-5-9(10(8)12)14-7-13/h1,3,5H,2,4,6-7H2. The van der Waals surface area contributed by atoms with E-state index >= 15 is 0 Å². The second-order valence-corrected chi connectivity index (χ2v) is 3.95. The van der Waals surface area contributed by atoms with Gasteiger partial charge in [0, 0.05) is 5.33 Å². The molecule has 1 aromatic carbocycles. The summed E-state index contributed by atoms with van der Waals surface area (Å²) in [6.07, 6.45) is 1.87. The largest absolute Gasteiger partial charge is 0.461 e. The van der Waals surface area contributed by atoms with Gasteiger partial charge in [-0.25, -0.2) is 4.39 Å². The van der Waals surface area contributed by atoms with E-state index in [1.165, 1.54) is 0 Å². The first-order chi connectivity index (χ1) is 6.79. The topological polar surface area (TPSA) is 9.23 Å². The van der Waals surface area contributed by atoms with Crippen molar-refractivity contribution in [2.45, 2.75) is 12.8 Å². The number of rotatable bonds is 5. The number of benzene rings is 1. The molecule has 14 heavy (non-hydrogen) atoms. The minimum Gasteiger partial charge on any atom is -0.461 e. The zero-order chi connectivity index (χ0) is 10.4. The van der Waals surface area contributed by atoms with Crippen LogP contribution in [0.25, 0.3) is 0 Å². The zero-order valence-corrected chi connectivity index (χ0v) is 9.94. The van der Waals surface area contributed by atoms with Crippen LogP contribution in [0.2, 0.25) is 5.02 Å². The zero-order valence-electron chi connectivity index (χ0n) is 7.60. The number of alkyl halides is 2. The summed E-state index contributed by atoms with van der Waals surface area (Å²) in [5.74, 6) is 0.418. The van der Waals surface area contributed by atoms with Gasteiger partial charge in [0.2, 0.25) is 6.86 Å². The molecule has 0 fully saturated rings. The molecule has 0 spiro atoms. The van der Waals surface area contributed by atoms with E-state index in [9.17, 15) is 4.39 Å². The van der Waals surface area contributed by atoms with Crippen molar-refractivity contribution in [2.24, 2.45) is 0 Å². The van der Waals surface area contributed by atoms with Crippen molar-refractivity contribution >= 4 is 27.5 Å². The average molecular weight is 282 g/mol. The normalized spacial score (nSPS) is 10.2. The lowest BCUT2D eigenvalue weighted by Crippen LogP contribution is -1.94. The molecule has 0 N–H and O–H groups in total. The molecular weight excluding hydrogens is 270 g/mol. The quantitative estimate of drug-likeness (QED) is 0.742. The predicted molar refractivity (Wildman–Crippen MR) is 60.2 cm³/mol. The van der Waals surface area contributed by atoms with Gasteiger partial charge in [-0.2, -0.15) is 0 Å². The summed E-state index contributed by atoms with van der Waals surface area (Å²) in [4.78, 5) is 0. The molecule has 0 saturated heterocycles. The Balaban J connectivity index is 2.78. The summed E-state index contributed by atoms with van der Waals surface area (Å²) in [6, 6.07) is 5.41. The Labute approximate surface area is 96.3 Å². The van der Waals surface area contributed by atoms with Gasteiger partial charge in [-0.1, -0.05) is 39.7 Å². The molecule has 0 atom stereocenters. The molecule has 0 aliphatic carbocycles. The van der Waals surface area contributed by atoms with Crippen molar-refractivity contribution in [1.82, 2.24) is 0 Å². The maximum atomic E-state index is 12.0. The molecule has 0 unspecified atom stereocenters. The summed E-state index contributed by atoms with van der Waals surface area (Å²) in [7, 11) is 0. The van der Waals surface area contributed by atoms with Crippen LogP contribution in [0.4, 0.5) is 4.39 Å². The Kier molecular flexibility index (Phi) is 5.26. The number of hydrogen-bond donors (Lipinski definition) is 0. The van der Waals surface area contributed by atoms with E-state index in [1.807, 2.05) is 12.1 Å². The summed E-state index contributed by atoms with van der Waals surface area (Å²) < 4.78 is 16.7. The smallest absolute Gasteiger partial charge is 0.228 e. The Bertz CT molecular complexity index is 293. The second-order valence-electron chi connectivity index (χ2n) is 2.78. The molecule has 0 saturated carbocycles. The second kappa shape index (κ2) is 6.25. The van der Waals surface area contributed by atoms with E-state index in [1.54, 1.807) is 6.07 Å². The molecule has 0 aliphatic heterocycles. The van der Waals surface area contributed by atoms with Gasteiger partial charge < -0.3 is 4.74 Å². The third-order valence-electron chi connectivity index (χ3n) is 1.83. The molecule has 78 valence electrons. The van der Waals surface area contributed by atoms with Gasteiger partial charge in [0.25, 0.3) is 0 Å². The highest BCUT2D eigenvalue weighted by atomic mass is 79.9. The molecule has 0 heterocycles. The van der Waals surface area contributed by atoms with Gasteiger partial charge in [0.05, 0.1) is 5.02 Å². The Hall–Kier alpha value is -0.280. The fourth-order valence-corrected chi connectivity index (χ4v) is 1.73. The SMILES string of the molecule is FCOc1cccc(CCCBr)c1Cl. The summed E-state index contributed by atoms with van der Waals surface area (Å²) in [6.45, 7) is -0.846. The lowest BCUT2D eigenvalue weighted by Gasteiger charge is -2.08. The van der Waals surface area contributed by atoms with Crippen LogP contribution < -0.4 is 4.74 Å². The maximum Gasteiger partial charge on any atom is 0.228 e. The predicted octanol–water partition coefficient (Wildman–Crippen LogP) is 3.97. The first kappa shape index (κ1) is 11.8. The molecule has 0 aliphatic rings. The monoisotopic (exact) mass is 280 g/mol. The molecular formula is C10H11BrClFO. The van der Waals surface area contributed by atoms with E-state index in [4.69, 9.17) is 16.3 Å². The Morgan fingerprint density at radius 2 is 2.21 bits per heavy atom. The fourth-order valence-electron chi connectivity index (χ4n) is 1.18. The van der Waals surface area contributed by atoms with Crippen molar-refractivity contribution in [1.29, 1.82) is 0 Å². The van der Waals surface area contributed by atoms with Crippen molar-refractivity contribution in [3.8, 4) is 5.75 Å². The third-order valence-corrected chi connectivity index (χ3v) is 2.82. The highest BCUT2D eigenvalue weighted by molar-refractivity contribution is 9.09. The molecule has 1 rings (SSSR count). The number of halogens is 3. The third kappa shape index (κ3) is 3.14. The molecule has 1 nitrogen and oxygen atoms in total. The van der Waals surface area contributed by atoms with Crippen molar-refractivity contribution < 1.29 is 9.13 Å². The summed E-state index contributed by atoms with van der Waals surface area (Å²) in [5.41, 5.74) is 0.997. The van der Waals surface area contributed by atoms with Gasteiger partial charge in [-0.05, 0) is 24.5 Å². The van der Waals surface area contributed by atoms with Gasteiger partial charge >= 0.3 is 0 Å². The molecule has 0 amide bonds. The van der Waals surface area contributed by atoms with Crippen LogP contribution in [-0.2, 0) is 6.42 Å². The number of aryl methyl sites for hydroxylation is 1. The fraction of sp³-hybridized carbons (Fsp3) is 0.400. The van der Waals surface area contributed by atoms with Crippen molar-refractivity contribution in [3.63, 3.8) is 0 Å². The van der Waals surface area contributed by atoms with Gasteiger partial charge in [-0.3, -0.25) is 0 Å². The van der Waals surface area contributed by atoms with Crippen molar-refractivity contribution in [2.75, 3.05) is 12.2 Å². The van der Waals surface area contributed by atoms with Crippen LogP contribution in [-0.4, -0.2) is 12.2 Å². The Morgan fingerprint density at radius 3 is 2.86 bits per heavy atom. The van der Waals surface area contributed by atoms with Gasteiger partial charge in [0.1, 0.15) is 5.75 Å². The minimum absolute atomic E-state index is 0.418. The highest BCUT2D eigenvalue weighted by Crippen LogP contribution is 2.29. The van der Waals surface area contributed by atoms with Gasteiger partial charge in [0.15, 0.2) is 0 Å². The van der Waals surface area contributed by atoms with Crippen LogP contribution in [0.5, 0.6) is 5.75 Å². The number of hydrogen-bond acceptors (Lipinski definition) is 1. The number of ether oxygens (including phenoxy) is 1. The molecule has 4 heteroatoms. The van der Waals surface area contributed by atoms with Crippen LogP contribution in [0.3, 0.4) is 0 Å². The molecule has 0 radical (unpaired) electrons. The minimum atomic E-state index is -0.846. The Morgan fingerprint density at radius 1 is 1.43 bits per heavy atom. The molecule has 1 aromatic rings. The van der Waals surface area contributed by atoms with Crippen LogP contribution >= 0.6 is 27.5 Å². The summed E-state index contributed by atoms with van der Waals surface area (Å²) in [5, 5.41) is 1.45. The van der Waals surface area contributed by atoms with E-state index in [0.717, 1.165) is 23.7 Å².